The molecule has 1 saturated heterocycles. The summed E-state index contributed by atoms with van der Waals surface area (Å²) in [6.45, 7) is 8.86. The van der Waals surface area contributed by atoms with E-state index in [2.05, 4.69) is 15.9 Å². The van der Waals surface area contributed by atoms with Gasteiger partial charge in [-0.2, -0.15) is 0 Å². The molecule has 2 aromatic carbocycles. The molecule has 29 heavy (non-hydrogen) atoms. The smallest absolute Gasteiger partial charge is 0.179 e. The van der Waals surface area contributed by atoms with Crippen molar-refractivity contribution in [1.82, 2.24) is 0 Å². The lowest BCUT2D eigenvalue weighted by Crippen LogP contribution is -2.58. The molecule has 0 N–H and O–H groups in total. The number of carbonyl (C=O) groups excluding carboxylic acids is 2. The monoisotopic (exact) mass is 478 g/mol. The number of Topliss-reactive ketones (excluding diaryl/α,β-unsaturated/α-hetero) is 2. The maximum Gasteiger partial charge on any atom is 0.179 e. The van der Waals surface area contributed by atoms with Crippen molar-refractivity contribution in [3.63, 3.8) is 0 Å². The molecule has 0 atom stereocenters. The molecule has 0 amide bonds. The summed E-state index contributed by atoms with van der Waals surface area (Å²) in [5.41, 5.74) is -0.492. The Morgan fingerprint density at radius 1 is 1.03 bits per heavy atom. The fraction of sp³-hybridized carbons (Fsp3) is 0.391. The third-order valence-electron chi connectivity index (χ3n) is 5.15. The van der Waals surface area contributed by atoms with Crippen molar-refractivity contribution in [3.05, 3.63) is 57.0 Å². The SMILES string of the molecule is CCc1ccc(Oc2ccc(Cl)cc2Br)cc1C1C(=O)C(C)(C)OC(C)(C)C1=O. The standard InChI is InChI=1S/C23H24BrClO4/c1-6-13-7-9-15(28-18-10-8-14(25)11-17(18)24)12-16(13)19-20(26)22(2,3)29-23(4,5)21(19)27/h7-12,19H,6H2,1-5H3. The van der Waals surface area contributed by atoms with E-state index in [-0.39, 0.29) is 11.6 Å². The topological polar surface area (TPSA) is 52.6 Å². The van der Waals surface area contributed by atoms with Crippen LogP contribution in [0.15, 0.2) is 40.9 Å². The van der Waals surface area contributed by atoms with E-state index >= 15 is 0 Å². The highest BCUT2D eigenvalue weighted by Crippen LogP contribution is 2.41. The van der Waals surface area contributed by atoms with E-state index < -0.39 is 17.1 Å². The molecule has 0 radical (unpaired) electrons. The molecule has 1 aliphatic rings. The number of halogens is 2. The fourth-order valence-electron chi connectivity index (χ4n) is 3.75. The van der Waals surface area contributed by atoms with E-state index in [9.17, 15) is 9.59 Å². The van der Waals surface area contributed by atoms with Gasteiger partial charge in [0.2, 0.25) is 0 Å². The molecule has 0 bridgehead atoms. The van der Waals surface area contributed by atoms with Gasteiger partial charge in [-0.3, -0.25) is 9.59 Å². The van der Waals surface area contributed by atoms with Gasteiger partial charge in [0.05, 0.1) is 4.47 Å². The summed E-state index contributed by atoms with van der Waals surface area (Å²) < 4.78 is 12.5. The summed E-state index contributed by atoms with van der Waals surface area (Å²) in [4.78, 5) is 26.3. The van der Waals surface area contributed by atoms with Crippen LogP contribution in [0.4, 0.5) is 0 Å². The molecule has 0 aliphatic carbocycles. The zero-order valence-corrected chi connectivity index (χ0v) is 19.5. The van der Waals surface area contributed by atoms with Gasteiger partial charge in [0.1, 0.15) is 28.6 Å². The zero-order chi connectivity index (χ0) is 21.6. The van der Waals surface area contributed by atoms with E-state index in [1.54, 1.807) is 52.0 Å². The molecule has 1 heterocycles. The van der Waals surface area contributed by atoms with Crippen LogP contribution in [0.2, 0.25) is 5.02 Å². The summed E-state index contributed by atoms with van der Waals surface area (Å²) in [5.74, 6) is -0.221. The second kappa shape index (κ2) is 7.86. The van der Waals surface area contributed by atoms with Crippen LogP contribution < -0.4 is 4.74 Å². The lowest BCUT2D eigenvalue weighted by Gasteiger charge is -2.43. The minimum absolute atomic E-state index is 0.235. The second-order valence-corrected chi connectivity index (χ2v) is 9.47. The molecule has 6 heteroatoms. The first-order chi connectivity index (χ1) is 13.5. The normalized spacial score (nSPS) is 18.7. The van der Waals surface area contributed by atoms with Crippen LogP contribution in [0, 0.1) is 0 Å². The van der Waals surface area contributed by atoms with Gasteiger partial charge in [-0.25, -0.2) is 0 Å². The number of hydrogen-bond donors (Lipinski definition) is 0. The van der Waals surface area contributed by atoms with E-state index in [4.69, 9.17) is 21.1 Å². The second-order valence-electron chi connectivity index (χ2n) is 8.18. The molecule has 154 valence electrons. The van der Waals surface area contributed by atoms with Crippen molar-refractivity contribution in [1.29, 1.82) is 0 Å². The van der Waals surface area contributed by atoms with Crippen LogP contribution in [0.25, 0.3) is 0 Å². The van der Waals surface area contributed by atoms with Gasteiger partial charge in [-0.15, -0.1) is 0 Å². The molecule has 0 saturated carbocycles. The van der Waals surface area contributed by atoms with Crippen molar-refractivity contribution in [2.75, 3.05) is 0 Å². The maximum absolute atomic E-state index is 13.2. The molecule has 1 aliphatic heterocycles. The van der Waals surface area contributed by atoms with Gasteiger partial charge >= 0.3 is 0 Å². The van der Waals surface area contributed by atoms with Crippen molar-refractivity contribution in [2.45, 2.75) is 58.2 Å². The van der Waals surface area contributed by atoms with Crippen LogP contribution in [0.1, 0.15) is 51.7 Å². The number of carbonyl (C=O) groups is 2. The van der Waals surface area contributed by atoms with Gasteiger partial charge in [0.25, 0.3) is 0 Å². The quantitative estimate of drug-likeness (QED) is 0.485. The minimum Gasteiger partial charge on any atom is -0.456 e. The summed E-state index contributed by atoms with van der Waals surface area (Å²) in [7, 11) is 0. The first-order valence-corrected chi connectivity index (χ1v) is 10.7. The summed E-state index contributed by atoms with van der Waals surface area (Å²) in [6.07, 6.45) is 0.693. The molecule has 0 spiro atoms. The Balaban J connectivity index is 2.07. The number of ether oxygens (including phenoxy) is 2. The Kier molecular flexibility index (Phi) is 5.96. The van der Waals surface area contributed by atoms with Gasteiger partial charge in [-0.1, -0.05) is 24.6 Å². The Hall–Kier alpha value is -1.69. The number of benzene rings is 2. The third-order valence-corrected chi connectivity index (χ3v) is 6.01. The zero-order valence-electron chi connectivity index (χ0n) is 17.1. The van der Waals surface area contributed by atoms with Crippen molar-refractivity contribution < 1.29 is 19.1 Å². The first-order valence-electron chi connectivity index (χ1n) is 9.51. The largest absolute Gasteiger partial charge is 0.456 e. The van der Waals surface area contributed by atoms with Gasteiger partial charge in [0.15, 0.2) is 11.6 Å². The first kappa shape index (κ1) is 22.0. The maximum atomic E-state index is 13.2. The van der Waals surface area contributed by atoms with Crippen molar-refractivity contribution in [3.8, 4) is 11.5 Å². The van der Waals surface area contributed by atoms with Crippen molar-refractivity contribution >= 4 is 39.1 Å². The highest BCUT2D eigenvalue weighted by atomic mass is 79.9. The van der Waals surface area contributed by atoms with E-state index in [1.807, 2.05) is 19.1 Å². The molecule has 0 unspecified atom stereocenters. The predicted octanol–water partition coefficient (Wildman–Crippen LogP) is 6.27. The molecule has 4 nitrogen and oxygen atoms in total. The lowest BCUT2D eigenvalue weighted by atomic mass is 9.73. The third kappa shape index (κ3) is 4.27. The molecule has 1 fully saturated rings. The minimum atomic E-state index is -1.05. The molecular formula is C23H24BrClO4. The van der Waals surface area contributed by atoms with Crippen molar-refractivity contribution in [2.24, 2.45) is 0 Å². The molecular weight excluding hydrogens is 456 g/mol. The van der Waals surface area contributed by atoms with E-state index in [1.165, 1.54) is 0 Å². The van der Waals surface area contributed by atoms with Crippen LogP contribution >= 0.6 is 27.5 Å². The number of hydrogen-bond acceptors (Lipinski definition) is 4. The summed E-state index contributed by atoms with van der Waals surface area (Å²) in [6, 6.07) is 10.8. The van der Waals surface area contributed by atoms with Crippen LogP contribution in [-0.4, -0.2) is 22.8 Å². The van der Waals surface area contributed by atoms with E-state index in [0.29, 0.717) is 33.0 Å². The Morgan fingerprint density at radius 3 is 2.21 bits per heavy atom. The van der Waals surface area contributed by atoms with Gasteiger partial charge in [-0.05, 0) is 91.5 Å². The van der Waals surface area contributed by atoms with Crippen LogP contribution in [0.3, 0.4) is 0 Å². The molecule has 3 rings (SSSR count). The molecule has 2 aromatic rings. The fourth-order valence-corrected chi connectivity index (χ4v) is 4.51. The van der Waals surface area contributed by atoms with Crippen LogP contribution in [-0.2, 0) is 20.7 Å². The number of aryl methyl sites for hydroxylation is 1. The lowest BCUT2D eigenvalue weighted by molar-refractivity contribution is -0.184. The van der Waals surface area contributed by atoms with Gasteiger partial charge in [0, 0.05) is 5.02 Å². The number of rotatable bonds is 4. The van der Waals surface area contributed by atoms with E-state index in [0.717, 1.165) is 5.56 Å². The predicted molar refractivity (Wildman–Crippen MR) is 117 cm³/mol. The summed E-state index contributed by atoms with van der Waals surface area (Å²) >= 11 is 9.44. The highest BCUT2D eigenvalue weighted by molar-refractivity contribution is 9.10. The Labute approximate surface area is 184 Å². The average molecular weight is 480 g/mol. The van der Waals surface area contributed by atoms with Crippen LogP contribution in [0.5, 0.6) is 11.5 Å². The Bertz CT molecular complexity index is 955. The summed E-state index contributed by atoms with van der Waals surface area (Å²) in [5, 5.41) is 0.592. The average Bonchev–Trinajstić information content (AvgIpc) is 2.62. The van der Waals surface area contributed by atoms with Gasteiger partial charge < -0.3 is 9.47 Å². The Morgan fingerprint density at radius 2 is 1.66 bits per heavy atom. The molecule has 0 aromatic heterocycles. The number of ketones is 2. The highest BCUT2D eigenvalue weighted by Gasteiger charge is 2.53.